The third-order valence-electron chi connectivity index (χ3n) is 3.11. The van der Waals surface area contributed by atoms with Crippen molar-refractivity contribution >= 4 is 28.9 Å². The number of thiazole rings is 1. The molecule has 2 aromatic rings. The van der Waals surface area contributed by atoms with Crippen LogP contribution in [0, 0.1) is 11.6 Å². The molecule has 20 heavy (non-hydrogen) atoms. The van der Waals surface area contributed by atoms with Crippen molar-refractivity contribution in [3.05, 3.63) is 35.2 Å². The fourth-order valence-corrected chi connectivity index (χ4v) is 2.97. The Morgan fingerprint density at radius 1 is 1.20 bits per heavy atom. The Morgan fingerprint density at radius 3 is 2.70 bits per heavy atom. The van der Waals surface area contributed by atoms with E-state index >= 15 is 0 Å². The highest BCUT2D eigenvalue weighted by atomic mass is 35.5. The molecule has 1 aliphatic heterocycles. The highest BCUT2D eigenvalue weighted by Gasteiger charge is 2.17. The minimum Gasteiger partial charge on any atom is -0.346 e. The molecule has 0 bridgehead atoms. The standard InChI is InChI=1S/C13H13F2N3S.ClH/c14-10-3-1-2-9(12(10)15)11-8-19-13(17-11)18-6-4-16-5-7-18;/h1-3,8,16H,4-7H2;1H. The zero-order valence-corrected chi connectivity index (χ0v) is 12.2. The van der Waals surface area contributed by atoms with Crippen molar-refractivity contribution in [2.24, 2.45) is 0 Å². The maximum Gasteiger partial charge on any atom is 0.185 e. The first-order valence-electron chi connectivity index (χ1n) is 6.11. The van der Waals surface area contributed by atoms with Crippen molar-refractivity contribution in [1.82, 2.24) is 10.3 Å². The Morgan fingerprint density at radius 2 is 1.95 bits per heavy atom. The van der Waals surface area contributed by atoms with E-state index in [1.165, 1.54) is 17.4 Å². The van der Waals surface area contributed by atoms with Gasteiger partial charge in [0, 0.05) is 37.1 Å². The molecule has 1 aromatic heterocycles. The fraction of sp³-hybridized carbons (Fsp3) is 0.308. The normalized spacial score (nSPS) is 15.0. The summed E-state index contributed by atoms with van der Waals surface area (Å²) in [5.74, 6) is -1.67. The average molecular weight is 318 g/mol. The van der Waals surface area contributed by atoms with Crippen LogP contribution < -0.4 is 10.2 Å². The van der Waals surface area contributed by atoms with Gasteiger partial charge in [-0.25, -0.2) is 13.8 Å². The van der Waals surface area contributed by atoms with Gasteiger partial charge in [0.15, 0.2) is 16.8 Å². The topological polar surface area (TPSA) is 28.2 Å². The van der Waals surface area contributed by atoms with Crippen molar-refractivity contribution < 1.29 is 8.78 Å². The van der Waals surface area contributed by atoms with Gasteiger partial charge in [-0.2, -0.15) is 0 Å². The van der Waals surface area contributed by atoms with Gasteiger partial charge < -0.3 is 10.2 Å². The lowest BCUT2D eigenvalue weighted by Crippen LogP contribution is -2.43. The van der Waals surface area contributed by atoms with Gasteiger partial charge in [0.2, 0.25) is 0 Å². The van der Waals surface area contributed by atoms with Crippen LogP contribution in [0.4, 0.5) is 13.9 Å². The molecule has 1 aromatic carbocycles. The van der Waals surface area contributed by atoms with Gasteiger partial charge in [-0.05, 0) is 12.1 Å². The molecule has 0 saturated carbocycles. The highest BCUT2D eigenvalue weighted by molar-refractivity contribution is 7.14. The molecule has 0 aliphatic carbocycles. The number of piperazine rings is 1. The molecule has 0 atom stereocenters. The number of halogens is 3. The first-order chi connectivity index (χ1) is 9.25. The van der Waals surface area contributed by atoms with E-state index in [-0.39, 0.29) is 18.0 Å². The van der Waals surface area contributed by atoms with E-state index in [1.54, 1.807) is 11.4 Å². The summed E-state index contributed by atoms with van der Waals surface area (Å²) in [6, 6.07) is 4.16. The smallest absolute Gasteiger partial charge is 0.185 e. The summed E-state index contributed by atoms with van der Waals surface area (Å²) in [6.07, 6.45) is 0. The number of nitrogens with zero attached hydrogens (tertiary/aromatic N) is 2. The van der Waals surface area contributed by atoms with Crippen LogP contribution in [0.25, 0.3) is 11.3 Å². The Kier molecular flexibility index (Phi) is 4.91. The molecule has 0 spiro atoms. The predicted molar refractivity (Wildman–Crippen MR) is 79.8 cm³/mol. The summed E-state index contributed by atoms with van der Waals surface area (Å²) in [4.78, 5) is 6.57. The van der Waals surface area contributed by atoms with E-state index in [2.05, 4.69) is 15.2 Å². The molecule has 0 radical (unpaired) electrons. The van der Waals surface area contributed by atoms with Crippen LogP contribution in [0.15, 0.2) is 23.6 Å². The molecule has 0 amide bonds. The number of benzene rings is 1. The van der Waals surface area contributed by atoms with E-state index < -0.39 is 11.6 Å². The maximum absolute atomic E-state index is 13.7. The van der Waals surface area contributed by atoms with Gasteiger partial charge in [-0.3, -0.25) is 0 Å². The number of hydrogen-bond acceptors (Lipinski definition) is 4. The van der Waals surface area contributed by atoms with Crippen molar-refractivity contribution in [2.75, 3.05) is 31.1 Å². The first kappa shape index (κ1) is 15.2. The second kappa shape index (κ2) is 6.47. The van der Waals surface area contributed by atoms with Gasteiger partial charge in [0.1, 0.15) is 0 Å². The predicted octanol–water partition coefficient (Wildman–Crippen LogP) is 2.92. The average Bonchev–Trinajstić information content (AvgIpc) is 2.92. The van der Waals surface area contributed by atoms with E-state index in [9.17, 15) is 8.78 Å². The fourth-order valence-electron chi connectivity index (χ4n) is 2.09. The maximum atomic E-state index is 13.7. The summed E-state index contributed by atoms with van der Waals surface area (Å²) in [5.41, 5.74) is 0.716. The summed E-state index contributed by atoms with van der Waals surface area (Å²) in [5, 5.41) is 5.90. The number of anilines is 1. The van der Waals surface area contributed by atoms with Crippen LogP contribution >= 0.6 is 23.7 Å². The van der Waals surface area contributed by atoms with Gasteiger partial charge in [-0.1, -0.05) is 6.07 Å². The lowest BCUT2D eigenvalue weighted by Gasteiger charge is -2.26. The molecule has 7 heteroatoms. The van der Waals surface area contributed by atoms with Crippen LogP contribution in [-0.2, 0) is 0 Å². The van der Waals surface area contributed by atoms with Gasteiger partial charge in [0.25, 0.3) is 0 Å². The molecule has 108 valence electrons. The minimum atomic E-state index is -0.839. The zero-order chi connectivity index (χ0) is 13.2. The highest BCUT2D eigenvalue weighted by Crippen LogP contribution is 2.29. The molecule has 1 N–H and O–H groups in total. The van der Waals surface area contributed by atoms with Gasteiger partial charge >= 0.3 is 0 Å². The van der Waals surface area contributed by atoms with Crippen LogP contribution in [-0.4, -0.2) is 31.2 Å². The van der Waals surface area contributed by atoms with E-state index in [0.717, 1.165) is 37.4 Å². The van der Waals surface area contributed by atoms with Crippen molar-refractivity contribution in [2.45, 2.75) is 0 Å². The number of hydrogen-bond donors (Lipinski definition) is 1. The lowest BCUT2D eigenvalue weighted by atomic mass is 10.1. The molecule has 3 rings (SSSR count). The van der Waals surface area contributed by atoms with Crippen molar-refractivity contribution in [1.29, 1.82) is 0 Å². The molecule has 3 nitrogen and oxygen atoms in total. The van der Waals surface area contributed by atoms with Crippen LogP contribution in [0.3, 0.4) is 0 Å². The van der Waals surface area contributed by atoms with E-state index in [1.807, 2.05) is 0 Å². The minimum absolute atomic E-state index is 0. The third kappa shape index (κ3) is 2.92. The van der Waals surface area contributed by atoms with Crippen LogP contribution in [0.1, 0.15) is 0 Å². The van der Waals surface area contributed by atoms with Gasteiger partial charge in [-0.15, -0.1) is 23.7 Å². The monoisotopic (exact) mass is 317 g/mol. The summed E-state index contributed by atoms with van der Waals surface area (Å²) >= 11 is 1.46. The Bertz CT molecular complexity index is 585. The summed E-state index contributed by atoms with van der Waals surface area (Å²) in [7, 11) is 0. The molecule has 0 unspecified atom stereocenters. The first-order valence-corrected chi connectivity index (χ1v) is 6.99. The quantitative estimate of drug-likeness (QED) is 0.923. The van der Waals surface area contributed by atoms with Crippen LogP contribution in [0.2, 0.25) is 0 Å². The second-order valence-electron chi connectivity index (χ2n) is 4.35. The van der Waals surface area contributed by atoms with Gasteiger partial charge in [0.05, 0.1) is 5.69 Å². The molecule has 1 saturated heterocycles. The van der Waals surface area contributed by atoms with E-state index in [4.69, 9.17) is 0 Å². The number of aromatic nitrogens is 1. The summed E-state index contributed by atoms with van der Waals surface area (Å²) in [6.45, 7) is 3.61. The second-order valence-corrected chi connectivity index (χ2v) is 5.19. The zero-order valence-electron chi connectivity index (χ0n) is 10.6. The Labute approximate surface area is 126 Å². The SMILES string of the molecule is Cl.Fc1cccc(-c2csc(N3CCNCC3)n2)c1F. The third-order valence-corrected chi connectivity index (χ3v) is 4.01. The Balaban J connectivity index is 0.00000147. The van der Waals surface area contributed by atoms with Crippen molar-refractivity contribution in [3.63, 3.8) is 0 Å². The number of rotatable bonds is 2. The van der Waals surface area contributed by atoms with E-state index in [0.29, 0.717) is 5.69 Å². The summed E-state index contributed by atoms with van der Waals surface area (Å²) < 4.78 is 26.9. The lowest BCUT2D eigenvalue weighted by molar-refractivity contribution is 0.511. The molecular formula is C13H14ClF2N3S. The molecular weight excluding hydrogens is 304 g/mol. The van der Waals surface area contributed by atoms with Crippen LogP contribution in [0.5, 0.6) is 0 Å². The largest absolute Gasteiger partial charge is 0.346 e. The Hall–Kier alpha value is -1.24. The van der Waals surface area contributed by atoms with Crippen molar-refractivity contribution in [3.8, 4) is 11.3 Å². The number of nitrogens with one attached hydrogen (secondary N) is 1. The molecule has 1 fully saturated rings. The molecule has 2 heterocycles. The molecule has 1 aliphatic rings.